The van der Waals surface area contributed by atoms with Gasteiger partial charge in [-0.05, 0) is 57.2 Å². The summed E-state index contributed by atoms with van der Waals surface area (Å²) in [5, 5.41) is 0. The van der Waals surface area contributed by atoms with E-state index in [4.69, 9.17) is 18.9 Å². The lowest BCUT2D eigenvalue weighted by Crippen LogP contribution is -2.42. The largest absolute Gasteiger partial charge is 0.493 e. The molecule has 33 heavy (non-hydrogen) atoms. The van der Waals surface area contributed by atoms with Gasteiger partial charge in [-0.15, -0.1) is 0 Å². The van der Waals surface area contributed by atoms with Crippen LogP contribution in [0.15, 0.2) is 29.5 Å². The Labute approximate surface area is 193 Å². The van der Waals surface area contributed by atoms with Crippen molar-refractivity contribution in [3.63, 3.8) is 0 Å². The van der Waals surface area contributed by atoms with Gasteiger partial charge in [0.25, 0.3) is 5.91 Å². The van der Waals surface area contributed by atoms with E-state index in [2.05, 4.69) is 0 Å². The number of benzene rings is 1. The predicted octanol–water partition coefficient (Wildman–Crippen LogP) is 3.76. The number of Topliss-reactive ketones (excluding diaryl/α,β-unsaturated/α-hetero) is 1. The number of amides is 1. The molecule has 8 heteroatoms. The van der Waals surface area contributed by atoms with E-state index in [1.807, 2.05) is 19.9 Å². The zero-order valence-electron chi connectivity index (χ0n) is 19.6. The van der Waals surface area contributed by atoms with Crippen LogP contribution in [-0.4, -0.2) is 62.3 Å². The second kappa shape index (κ2) is 9.71. The predicted molar refractivity (Wildman–Crippen MR) is 119 cm³/mol. The first-order valence-corrected chi connectivity index (χ1v) is 11.6. The van der Waals surface area contributed by atoms with E-state index in [1.165, 1.54) is 7.11 Å². The highest BCUT2D eigenvalue weighted by atomic mass is 19.1. The fourth-order valence-electron chi connectivity index (χ4n) is 5.02. The Balaban J connectivity index is 1.70. The van der Waals surface area contributed by atoms with Gasteiger partial charge in [-0.1, -0.05) is 6.07 Å². The van der Waals surface area contributed by atoms with Gasteiger partial charge in [0.2, 0.25) is 0 Å². The zero-order chi connectivity index (χ0) is 23.7. The molecule has 0 aromatic heterocycles. The number of alkyl halides is 1. The van der Waals surface area contributed by atoms with E-state index < -0.39 is 24.2 Å². The summed E-state index contributed by atoms with van der Waals surface area (Å²) in [6.07, 6.45) is 0.154. The highest BCUT2D eigenvalue weighted by molar-refractivity contribution is 6.11. The van der Waals surface area contributed by atoms with Crippen molar-refractivity contribution in [2.24, 2.45) is 5.92 Å². The summed E-state index contributed by atoms with van der Waals surface area (Å²) in [6.45, 7) is 4.81. The van der Waals surface area contributed by atoms with Crippen LogP contribution in [0.25, 0.3) is 0 Å². The Hall–Kier alpha value is -2.61. The van der Waals surface area contributed by atoms with Gasteiger partial charge in [0.05, 0.1) is 37.9 Å². The lowest BCUT2D eigenvalue weighted by Gasteiger charge is -2.36. The van der Waals surface area contributed by atoms with Gasteiger partial charge in [-0.2, -0.15) is 0 Å². The Kier molecular flexibility index (Phi) is 6.93. The third-order valence-corrected chi connectivity index (χ3v) is 6.60. The SMILES string of the molecule is COc1ccc(C2C3=C(OC4CCC(F)CC4C3=O)C(=O)N2CCCOC(C)C)cc1OC. The molecule has 1 amide bonds. The fraction of sp³-hybridized carbons (Fsp3) is 0.600. The van der Waals surface area contributed by atoms with Crippen molar-refractivity contribution in [2.75, 3.05) is 27.4 Å². The summed E-state index contributed by atoms with van der Waals surface area (Å²) >= 11 is 0. The summed E-state index contributed by atoms with van der Waals surface area (Å²) in [4.78, 5) is 28.7. The molecule has 0 N–H and O–H groups in total. The van der Waals surface area contributed by atoms with Crippen molar-refractivity contribution < 1.29 is 32.9 Å². The van der Waals surface area contributed by atoms with Crippen LogP contribution in [-0.2, 0) is 19.1 Å². The van der Waals surface area contributed by atoms with Crippen LogP contribution in [0.2, 0.25) is 0 Å². The van der Waals surface area contributed by atoms with Gasteiger partial charge < -0.3 is 23.8 Å². The first-order chi connectivity index (χ1) is 15.8. The maximum atomic E-state index is 14.2. The van der Waals surface area contributed by atoms with Gasteiger partial charge >= 0.3 is 0 Å². The topological polar surface area (TPSA) is 74.3 Å². The molecule has 3 aliphatic rings. The monoisotopic (exact) mass is 461 g/mol. The van der Waals surface area contributed by atoms with Gasteiger partial charge in [0.15, 0.2) is 23.0 Å². The number of nitrogens with zero attached hydrogens (tertiary/aromatic N) is 1. The molecule has 1 aliphatic carbocycles. The Morgan fingerprint density at radius 2 is 1.91 bits per heavy atom. The number of ketones is 1. The summed E-state index contributed by atoms with van der Waals surface area (Å²) < 4.78 is 36.7. The number of halogens is 1. The molecule has 4 atom stereocenters. The Morgan fingerprint density at radius 3 is 2.61 bits per heavy atom. The lowest BCUT2D eigenvalue weighted by atomic mass is 9.77. The first kappa shape index (κ1) is 23.5. The molecular weight excluding hydrogens is 429 g/mol. The molecule has 1 fully saturated rings. The van der Waals surface area contributed by atoms with E-state index in [0.717, 1.165) is 5.56 Å². The van der Waals surface area contributed by atoms with E-state index in [1.54, 1.807) is 24.1 Å². The summed E-state index contributed by atoms with van der Waals surface area (Å²) in [7, 11) is 3.09. The number of hydrogen-bond donors (Lipinski definition) is 0. The molecule has 180 valence electrons. The van der Waals surface area contributed by atoms with Gasteiger partial charge in [0.1, 0.15) is 12.3 Å². The summed E-state index contributed by atoms with van der Waals surface area (Å²) in [6, 6.07) is 4.74. The summed E-state index contributed by atoms with van der Waals surface area (Å²) in [5.74, 6) is 0.120. The molecule has 2 heterocycles. The molecule has 1 saturated carbocycles. The normalized spacial score (nSPS) is 26.9. The van der Waals surface area contributed by atoms with Crippen LogP contribution in [0.5, 0.6) is 11.5 Å². The molecule has 1 aromatic rings. The van der Waals surface area contributed by atoms with Gasteiger partial charge in [-0.3, -0.25) is 9.59 Å². The molecule has 7 nitrogen and oxygen atoms in total. The van der Waals surface area contributed by atoms with Crippen LogP contribution < -0.4 is 9.47 Å². The van der Waals surface area contributed by atoms with E-state index in [9.17, 15) is 14.0 Å². The molecule has 0 radical (unpaired) electrons. The van der Waals surface area contributed by atoms with Crippen molar-refractivity contribution in [1.29, 1.82) is 0 Å². The zero-order valence-corrected chi connectivity index (χ0v) is 19.6. The quantitative estimate of drug-likeness (QED) is 0.549. The molecule has 1 aromatic carbocycles. The second-order valence-electron chi connectivity index (χ2n) is 9.07. The van der Waals surface area contributed by atoms with Crippen LogP contribution >= 0.6 is 0 Å². The highest BCUT2D eigenvalue weighted by Crippen LogP contribution is 2.48. The van der Waals surface area contributed by atoms with Gasteiger partial charge in [-0.25, -0.2) is 4.39 Å². The van der Waals surface area contributed by atoms with Crippen molar-refractivity contribution in [1.82, 2.24) is 4.90 Å². The van der Waals surface area contributed by atoms with Gasteiger partial charge in [0, 0.05) is 13.2 Å². The van der Waals surface area contributed by atoms with E-state index >= 15 is 0 Å². The van der Waals surface area contributed by atoms with Crippen LogP contribution in [0.3, 0.4) is 0 Å². The fourth-order valence-corrected chi connectivity index (χ4v) is 5.02. The molecule has 0 spiro atoms. The lowest BCUT2D eigenvalue weighted by molar-refractivity contribution is -0.136. The van der Waals surface area contributed by atoms with Crippen LogP contribution in [0.4, 0.5) is 4.39 Å². The molecule has 4 unspecified atom stereocenters. The van der Waals surface area contributed by atoms with E-state index in [0.29, 0.717) is 49.5 Å². The molecule has 2 aliphatic heterocycles. The van der Waals surface area contributed by atoms with E-state index in [-0.39, 0.29) is 30.0 Å². The highest BCUT2D eigenvalue weighted by Gasteiger charge is 2.52. The number of hydrogen-bond acceptors (Lipinski definition) is 6. The van der Waals surface area contributed by atoms with Crippen LogP contribution in [0.1, 0.15) is 51.1 Å². The third-order valence-electron chi connectivity index (χ3n) is 6.60. The van der Waals surface area contributed by atoms with Crippen molar-refractivity contribution >= 4 is 11.7 Å². The number of carbonyl (C=O) groups is 2. The van der Waals surface area contributed by atoms with Crippen molar-refractivity contribution in [2.45, 2.75) is 64.0 Å². The number of rotatable bonds is 8. The maximum absolute atomic E-state index is 14.2. The number of ether oxygens (including phenoxy) is 4. The standard InChI is InChI=1S/C25H32FNO6/c1-14(2)32-11-5-10-27-22(15-6-8-19(30-3)20(12-15)31-4)21-23(28)17-13-16(26)7-9-18(17)33-24(21)25(27)29/h6,8,12,14,16-18,22H,5,7,9-11,13H2,1-4H3. The molecular formula is C25H32FNO6. The average Bonchev–Trinajstić information content (AvgIpc) is 3.08. The average molecular weight is 462 g/mol. The summed E-state index contributed by atoms with van der Waals surface area (Å²) in [5.41, 5.74) is 1.05. The number of methoxy groups -OCH3 is 2. The Morgan fingerprint density at radius 1 is 1.15 bits per heavy atom. The maximum Gasteiger partial charge on any atom is 0.290 e. The minimum atomic E-state index is -1.03. The van der Waals surface area contributed by atoms with Crippen LogP contribution in [0, 0.1) is 5.92 Å². The molecule has 0 bridgehead atoms. The number of fused-ring (bicyclic) bond motifs is 1. The first-order valence-electron chi connectivity index (χ1n) is 11.6. The smallest absolute Gasteiger partial charge is 0.290 e. The number of carbonyl (C=O) groups excluding carboxylic acids is 2. The minimum absolute atomic E-state index is 0.0916. The minimum Gasteiger partial charge on any atom is -0.493 e. The molecule has 4 rings (SSSR count). The Bertz CT molecular complexity index is 945. The second-order valence-corrected chi connectivity index (χ2v) is 9.07. The third kappa shape index (κ3) is 4.45. The van der Waals surface area contributed by atoms with Crippen molar-refractivity contribution in [3.05, 3.63) is 35.1 Å². The molecule has 0 saturated heterocycles. The van der Waals surface area contributed by atoms with Crippen molar-refractivity contribution in [3.8, 4) is 11.5 Å².